The number of aliphatic hydroxyl groups is 13. The zero-order chi connectivity index (χ0) is 69.0. The minimum atomic E-state index is -2.26. The first kappa shape index (κ1) is 74.5. The number of nitrogens with one attached hydrogen (secondary N) is 5. The molecule has 3 saturated heterocycles. The van der Waals surface area contributed by atoms with Crippen molar-refractivity contribution < 1.29 is 124 Å². The van der Waals surface area contributed by atoms with Gasteiger partial charge in [-0.1, -0.05) is 69.7 Å². The topological polar surface area (TPSA) is 587 Å². The lowest BCUT2D eigenvalue weighted by molar-refractivity contribution is -0.353. The fraction of sp³-hybridized carbons (Fsp3) is 0.655. The van der Waals surface area contributed by atoms with Crippen molar-refractivity contribution in [3.8, 4) is 5.75 Å². The summed E-state index contributed by atoms with van der Waals surface area (Å²) in [6.07, 6.45) is -30.6. The lowest BCUT2D eigenvalue weighted by Gasteiger charge is -2.46. The summed E-state index contributed by atoms with van der Waals surface area (Å²) in [5, 5.41) is 154. The molecule has 524 valence electrons. The molecule has 2 aromatic carbocycles. The molecule has 7 rings (SSSR count). The fourth-order valence-corrected chi connectivity index (χ4v) is 11.2. The molecule has 26 unspecified atom stereocenters. The Hall–Kier alpha value is -6.92. The number of guanidine groups is 2. The van der Waals surface area contributed by atoms with E-state index < -0.39 is 227 Å². The summed E-state index contributed by atoms with van der Waals surface area (Å²) < 4.78 is 34.2. The van der Waals surface area contributed by atoms with Crippen molar-refractivity contribution in [3.63, 3.8) is 0 Å². The molecule has 0 radical (unpaired) electrons. The van der Waals surface area contributed by atoms with Gasteiger partial charge in [0.1, 0.15) is 116 Å². The molecule has 4 amide bonds. The van der Waals surface area contributed by atoms with Crippen molar-refractivity contribution in [2.45, 2.75) is 193 Å². The van der Waals surface area contributed by atoms with E-state index in [1.165, 1.54) is 24.3 Å². The van der Waals surface area contributed by atoms with Crippen molar-refractivity contribution in [2.24, 2.45) is 33.1 Å². The standard InChI is InChI=1S/C58H87N11O25/c1-4-23(2)14-35(75)93-49-42(79)33(21-73)91-56(47(49)84)94-48-34(22-74)92-55(46(83)44(48)81)89-28-12-10-25(11-13-28)15-29(65-51(86)36(59)24(3)26-8-6-5-7-9-26)50(85)67-37(39(76)30-16-62-57(60)66-30)53(88)68-38(52(87)64-27(18-70)19-71)40(77)31-17-63-58(61)69(31)54-45(82)43(80)41(78)32(20-72)90-54/h5-13,18,23-24,27,29-34,36-49,54-56,71-74,76-84H,4,14-17,19-22,59H2,1-3H3,(H2,61,63)(H,64,87)(H,65,86)(H,67,85)(H,68,88)(H3,60,62,66). The maximum atomic E-state index is 14.9. The predicted octanol–water partition coefficient (Wildman–Crippen LogP) is -10.7. The smallest absolute Gasteiger partial charge is 0.306 e. The maximum absolute atomic E-state index is 14.9. The van der Waals surface area contributed by atoms with Crippen LogP contribution in [0.5, 0.6) is 5.75 Å². The van der Waals surface area contributed by atoms with Gasteiger partial charge in [0.05, 0.1) is 57.6 Å². The largest absolute Gasteiger partial charge is 0.462 e. The molecule has 3 fully saturated rings. The summed E-state index contributed by atoms with van der Waals surface area (Å²) in [6, 6.07) is 2.08. The van der Waals surface area contributed by atoms with E-state index in [1.807, 2.05) is 6.92 Å². The molecule has 0 spiro atoms. The first-order valence-electron chi connectivity index (χ1n) is 30.5. The molecule has 5 aliphatic heterocycles. The summed E-state index contributed by atoms with van der Waals surface area (Å²) >= 11 is 0. The van der Waals surface area contributed by atoms with Crippen molar-refractivity contribution in [1.29, 1.82) is 0 Å². The summed E-state index contributed by atoms with van der Waals surface area (Å²) in [7, 11) is 0. The normalized spacial score (nSPS) is 32.3. The second-order valence-corrected chi connectivity index (χ2v) is 23.7. The van der Waals surface area contributed by atoms with E-state index in [0.717, 1.165) is 4.90 Å². The van der Waals surface area contributed by atoms with Gasteiger partial charge in [-0.15, -0.1) is 0 Å². The molecule has 36 heteroatoms. The van der Waals surface area contributed by atoms with E-state index >= 15 is 0 Å². The number of hydrogen-bond acceptors (Lipinski definition) is 32. The van der Waals surface area contributed by atoms with Crippen LogP contribution in [0.25, 0.3) is 0 Å². The Kier molecular flexibility index (Phi) is 26.7. The maximum Gasteiger partial charge on any atom is 0.306 e. The Bertz CT molecular complexity index is 2910. The average Bonchev–Trinajstić information content (AvgIpc) is 1.33. The molecule has 0 saturated carbocycles. The van der Waals surface area contributed by atoms with Crippen LogP contribution in [0.3, 0.4) is 0 Å². The van der Waals surface area contributed by atoms with Crippen LogP contribution < -0.4 is 48.5 Å². The first-order chi connectivity index (χ1) is 44.7. The molecule has 5 aliphatic rings. The number of aliphatic hydroxyl groups excluding tert-OH is 13. The lowest BCUT2D eigenvalue weighted by Crippen LogP contribution is -2.70. The van der Waals surface area contributed by atoms with Crippen LogP contribution in [0.1, 0.15) is 50.7 Å². The zero-order valence-electron chi connectivity index (χ0n) is 51.4. The third-order valence-electron chi connectivity index (χ3n) is 17.2. The van der Waals surface area contributed by atoms with E-state index in [1.54, 1.807) is 44.2 Å². The number of esters is 1. The zero-order valence-corrected chi connectivity index (χ0v) is 51.4. The molecule has 0 aromatic heterocycles. The van der Waals surface area contributed by atoms with Gasteiger partial charge in [-0.25, -0.2) is 0 Å². The van der Waals surface area contributed by atoms with Crippen LogP contribution in [0.2, 0.25) is 0 Å². The third-order valence-corrected chi connectivity index (χ3v) is 17.2. The van der Waals surface area contributed by atoms with Gasteiger partial charge in [-0.3, -0.25) is 34.0 Å². The number of amides is 4. The number of ether oxygens (including phenoxy) is 6. The first-order valence-corrected chi connectivity index (χ1v) is 30.5. The van der Waals surface area contributed by atoms with Crippen molar-refractivity contribution in [3.05, 3.63) is 65.7 Å². The minimum absolute atomic E-state index is 0.0551. The molecule has 24 N–H and O–H groups in total. The van der Waals surface area contributed by atoms with Gasteiger partial charge in [-0.2, -0.15) is 0 Å². The Morgan fingerprint density at radius 3 is 1.91 bits per heavy atom. The van der Waals surface area contributed by atoms with E-state index in [0.29, 0.717) is 12.0 Å². The molecule has 94 heavy (non-hydrogen) atoms. The number of rotatable bonds is 30. The molecule has 36 nitrogen and oxygen atoms in total. The van der Waals surface area contributed by atoms with Gasteiger partial charge >= 0.3 is 5.97 Å². The fourth-order valence-electron chi connectivity index (χ4n) is 11.2. The SMILES string of the molecule is CCC(C)CC(=O)OC1C(O)C(CO)OC(OC2C(CO)OC(Oc3ccc(CC(NC(=O)C(N)C(C)c4ccccc4)C(=O)NC(C(=O)NC(C(=O)NC(C=O)CO)C(O)C4CN=C(N)N4C4OC(CO)C(O)C(O)C4O)C(O)C4CN=C(N)N4)cc3)C(O)C2O)C1O. The Balaban J connectivity index is 1.13. The van der Waals surface area contributed by atoms with Gasteiger partial charge in [0, 0.05) is 18.8 Å². The number of carbonyl (C=O) groups is 6. The Labute approximate surface area is 538 Å². The molecule has 26 atom stereocenters. The Morgan fingerprint density at radius 1 is 0.691 bits per heavy atom. The lowest BCUT2D eigenvalue weighted by atomic mass is 9.93. The highest BCUT2D eigenvalue weighted by atomic mass is 16.7. The highest BCUT2D eigenvalue weighted by Gasteiger charge is 2.55. The van der Waals surface area contributed by atoms with E-state index in [9.17, 15) is 95.2 Å². The van der Waals surface area contributed by atoms with E-state index in [-0.39, 0.29) is 42.4 Å². The summed E-state index contributed by atoms with van der Waals surface area (Å²) in [5.41, 5.74) is 19.5. The highest BCUT2D eigenvalue weighted by molar-refractivity contribution is 5.96. The molecular weight excluding hydrogens is 1250 g/mol. The number of carbonyl (C=O) groups excluding carboxylic acids is 6. The third kappa shape index (κ3) is 17.6. The average molecular weight is 1340 g/mol. The summed E-state index contributed by atoms with van der Waals surface area (Å²) in [5.74, 6) is -7.11. The van der Waals surface area contributed by atoms with Gasteiger partial charge in [0.25, 0.3) is 0 Å². The Morgan fingerprint density at radius 2 is 1.31 bits per heavy atom. The minimum Gasteiger partial charge on any atom is -0.462 e. The van der Waals surface area contributed by atoms with Crippen LogP contribution in [0.15, 0.2) is 64.6 Å². The molecule has 5 heterocycles. The van der Waals surface area contributed by atoms with Gasteiger partial charge in [-0.05, 0) is 29.2 Å². The van der Waals surface area contributed by atoms with Crippen LogP contribution in [-0.2, 0) is 58.9 Å². The quantitative estimate of drug-likeness (QED) is 0.0255. The van der Waals surface area contributed by atoms with Crippen LogP contribution >= 0.6 is 0 Å². The molecular formula is C58H87N11O25. The number of hydrogen-bond donors (Lipinski definition) is 21. The molecule has 0 bridgehead atoms. The van der Waals surface area contributed by atoms with Crippen LogP contribution in [0.4, 0.5) is 0 Å². The van der Waals surface area contributed by atoms with Crippen molar-refractivity contribution in [1.82, 2.24) is 31.5 Å². The second-order valence-electron chi connectivity index (χ2n) is 23.7. The summed E-state index contributed by atoms with van der Waals surface area (Å²) in [6.45, 7) is 0.884. The van der Waals surface area contributed by atoms with E-state index in [4.69, 9.17) is 45.6 Å². The summed E-state index contributed by atoms with van der Waals surface area (Å²) in [4.78, 5) is 91.9. The number of nitrogens with zero attached hydrogens (tertiary/aromatic N) is 3. The monoisotopic (exact) mass is 1340 g/mol. The van der Waals surface area contributed by atoms with Crippen molar-refractivity contribution >= 4 is 47.8 Å². The molecule has 2 aromatic rings. The second kappa shape index (κ2) is 33.6. The number of benzene rings is 2. The number of nitrogens with two attached hydrogens (primary N) is 3. The van der Waals surface area contributed by atoms with E-state index in [2.05, 4.69) is 36.6 Å². The molecule has 0 aliphatic carbocycles. The predicted molar refractivity (Wildman–Crippen MR) is 320 cm³/mol. The number of aldehydes is 1. The van der Waals surface area contributed by atoms with Gasteiger partial charge in [0.2, 0.25) is 29.9 Å². The number of aliphatic imine (C=N–C) groups is 2. The van der Waals surface area contributed by atoms with Gasteiger partial charge < -0.3 is 148 Å². The van der Waals surface area contributed by atoms with Crippen LogP contribution in [0, 0.1) is 5.92 Å². The highest BCUT2D eigenvalue weighted by Crippen LogP contribution is 2.33. The van der Waals surface area contributed by atoms with Crippen LogP contribution in [-0.4, -0.2) is 305 Å². The van der Waals surface area contributed by atoms with Gasteiger partial charge in [0.15, 0.2) is 30.5 Å². The van der Waals surface area contributed by atoms with Crippen molar-refractivity contribution in [2.75, 3.05) is 39.5 Å².